The molecule has 4 heteroatoms. The second-order valence-corrected chi connectivity index (χ2v) is 6.21. The van der Waals surface area contributed by atoms with E-state index < -0.39 is 0 Å². The van der Waals surface area contributed by atoms with E-state index in [0.717, 1.165) is 43.3 Å². The Balaban J connectivity index is 2.04. The van der Waals surface area contributed by atoms with E-state index in [1.54, 1.807) is 6.07 Å². The van der Waals surface area contributed by atoms with Gasteiger partial charge in [0.05, 0.1) is 0 Å². The molecule has 0 atom stereocenters. The van der Waals surface area contributed by atoms with Crippen molar-refractivity contribution < 1.29 is 4.39 Å². The van der Waals surface area contributed by atoms with Crippen LogP contribution in [0, 0.1) is 11.7 Å². The van der Waals surface area contributed by atoms with E-state index in [9.17, 15) is 4.39 Å². The first-order valence-corrected chi connectivity index (χ1v) is 7.99. The van der Waals surface area contributed by atoms with Gasteiger partial charge in [-0.1, -0.05) is 13.0 Å². The molecule has 1 aliphatic heterocycles. The highest BCUT2D eigenvalue weighted by Gasteiger charge is 2.22. The fraction of sp³-hybridized carbons (Fsp3) is 0.647. The van der Waals surface area contributed by atoms with Crippen molar-refractivity contribution in [1.82, 2.24) is 10.2 Å². The van der Waals surface area contributed by atoms with E-state index in [1.165, 1.54) is 12.8 Å². The molecular formula is C17H28FN3. The molecule has 1 aliphatic rings. The molecule has 0 radical (unpaired) electrons. The average Bonchev–Trinajstić information content (AvgIpc) is 2.46. The van der Waals surface area contributed by atoms with Crippen molar-refractivity contribution in [3.63, 3.8) is 0 Å². The Morgan fingerprint density at radius 3 is 2.62 bits per heavy atom. The zero-order valence-corrected chi connectivity index (χ0v) is 13.5. The Labute approximate surface area is 128 Å². The van der Waals surface area contributed by atoms with Gasteiger partial charge in [-0.05, 0) is 51.5 Å². The Bertz CT molecular complexity index is 440. The highest BCUT2D eigenvalue weighted by atomic mass is 19.1. The number of nitrogens with zero attached hydrogens (tertiary/aromatic N) is 2. The van der Waals surface area contributed by atoms with Crippen LogP contribution in [0.1, 0.15) is 25.3 Å². The molecular weight excluding hydrogens is 265 g/mol. The largest absolute Gasteiger partial charge is 0.371 e. The Hall–Kier alpha value is -1.13. The first-order valence-electron chi connectivity index (χ1n) is 7.99. The number of piperidine rings is 1. The fourth-order valence-corrected chi connectivity index (χ4v) is 3.14. The lowest BCUT2D eigenvalue weighted by molar-refractivity contribution is 0.285. The number of nitrogens with one attached hydrogen (secondary N) is 1. The highest BCUT2D eigenvalue weighted by Crippen LogP contribution is 2.28. The molecule has 0 amide bonds. The van der Waals surface area contributed by atoms with Crippen LogP contribution in [0.3, 0.4) is 0 Å². The summed E-state index contributed by atoms with van der Waals surface area (Å²) in [4.78, 5) is 4.61. The Kier molecular flexibility index (Phi) is 6.00. The summed E-state index contributed by atoms with van der Waals surface area (Å²) in [5.41, 5.74) is 1.88. The van der Waals surface area contributed by atoms with Gasteiger partial charge in [0.2, 0.25) is 0 Å². The molecule has 1 N–H and O–H groups in total. The van der Waals surface area contributed by atoms with Crippen LogP contribution in [-0.2, 0) is 6.54 Å². The third kappa shape index (κ3) is 4.42. The maximum atomic E-state index is 14.1. The van der Waals surface area contributed by atoms with Crippen LogP contribution in [0.2, 0.25) is 0 Å². The minimum absolute atomic E-state index is 0.0936. The number of hydrogen-bond acceptors (Lipinski definition) is 3. The molecule has 2 rings (SSSR count). The van der Waals surface area contributed by atoms with Crippen molar-refractivity contribution in [2.45, 2.75) is 26.3 Å². The van der Waals surface area contributed by atoms with E-state index >= 15 is 0 Å². The SMILES string of the molecule is CCNCc1c(F)cccc1N1CCC(CN(C)C)CC1. The molecule has 0 spiro atoms. The van der Waals surface area contributed by atoms with Crippen LogP contribution in [0.15, 0.2) is 18.2 Å². The van der Waals surface area contributed by atoms with Crippen molar-refractivity contribution in [2.75, 3.05) is 45.2 Å². The molecule has 1 aromatic rings. The van der Waals surface area contributed by atoms with Gasteiger partial charge in [0.25, 0.3) is 0 Å². The summed E-state index contributed by atoms with van der Waals surface area (Å²) in [5, 5.41) is 3.25. The molecule has 1 aromatic carbocycles. The van der Waals surface area contributed by atoms with Crippen molar-refractivity contribution in [2.24, 2.45) is 5.92 Å². The second kappa shape index (κ2) is 7.76. The van der Waals surface area contributed by atoms with Gasteiger partial charge in [-0.2, -0.15) is 0 Å². The van der Waals surface area contributed by atoms with Crippen LogP contribution in [-0.4, -0.2) is 45.2 Å². The van der Waals surface area contributed by atoms with E-state index in [0.29, 0.717) is 6.54 Å². The third-order valence-electron chi connectivity index (χ3n) is 4.22. The predicted molar refractivity (Wildman–Crippen MR) is 87.3 cm³/mol. The van der Waals surface area contributed by atoms with Crippen molar-refractivity contribution >= 4 is 5.69 Å². The number of benzene rings is 1. The summed E-state index contributed by atoms with van der Waals surface area (Å²) in [6.07, 6.45) is 2.38. The van der Waals surface area contributed by atoms with Crippen molar-refractivity contribution in [3.05, 3.63) is 29.6 Å². The summed E-state index contributed by atoms with van der Waals surface area (Å²) in [7, 11) is 4.26. The van der Waals surface area contributed by atoms with Crippen LogP contribution in [0.4, 0.5) is 10.1 Å². The van der Waals surface area contributed by atoms with Crippen molar-refractivity contribution in [1.29, 1.82) is 0 Å². The zero-order chi connectivity index (χ0) is 15.2. The summed E-state index contributed by atoms with van der Waals surface area (Å²) in [5.74, 6) is 0.672. The summed E-state index contributed by atoms with van der Waals surface area (Å²) in [6, 6.07) is 5.45. The zero-order valence-electron chi connectivity index (χ0n) is 13.5. The van der Waals surface area contributed by atoms with Crippen LogP contribution in [0.5, 0.6) is 0 Å². The number of anilines is 1. The lowest BCUT2D eigenvalue weighted by atomic mass is 9.95. The van der Waals surface area contributed by atoms with Gasteiger partial charge in [0.15, 0.2) is 0 Å². The summed E-state index contributed by atoms with van der Waals surface area (Å²) >= 11 is 0. The Morgan fingerprint density at radius 2 is 2.00 bits per heavy atom. The predicted octanol–water partition coefficient (Wildman–Crippen LogP) is 2.71. The van der Waals surface area contributed by atoms with E-state index in [1.807, 2.05) is 13.0 Å². The summed E-state index contributed by atoms with van der Waals surface area (Å²) in [6.45, 7) is 6.73. The van der Waals surface area contributed by atoms with Gasteiger partial charge >= 0.3 is 0 Å². The molecule has 1 fully saturated rings. The number of halogens is 1. The fourth-order valence-electron chi connectivity index (χ4n) is 3.14. The first kappa shape index (κ1) is 16.2. The maximum absolute atomic E-state index is 14.1. The lowest BCUT2D eigenvalue weighted by Crippen LogP contribution is -2.37. The van der Waals surface area contributed by atoms with Crippen LogP contribution >= 0.6 is 0 Å². The number of rotatable bonds is 6. The minimum Gasteiger partial charge on any atom is -0.371 e. The maximum Gasteiger partial charge on any atom is 0.129 e. The van der Waals surface area contributed by atoms with Gasteiger partial charge < -0.3 is 15.1 Å². The van der Waals surface area contributed by atoms with Gasteiger partial charge in [-0.25, -0.2) is 4.39 Å². The molecule has 1 heterocycles. The normalized spacial score (nSPS) is 16.7. The van der Waals surface area contributed by atoms with Gasteiger partial charge in [-0.15, -0.1) is 0 Å². The molecule has 3 nitrogen and oxygen atoms in total. The van der Waals surface area contributed by atoms with Gasteiger partial charge in [0.1, 0.15) is 5.82 Å². The molecule has 0 saturated carbocycles. The molecule has 118 valence electrons. The quantitative estimate of drug-likeness (QED) is 0.870. The number of hydrogen-bond donors (Lipinski definition) is 1. The standard InChI is InChI=1S/C17H28FN3/c1-4-19-12-15-16(18)6-5-7-17(15)21-10-8-14(9-11-21)13-20(2)3/h5-7,14,19H,4,8-13H2,1-3H3. The van der Waals surface area contributed by atoms with Crippen LogP contribution in [0.25, 0.3) is 0 Å². The molecule has 21 heavy (non-hydrogen) atoms. The smallest absolute Gasteiger partial charge is 0.129 e. The molecule has 0 bridgehead atoms. The molecule has 0 unspecified atom stereocenters. The summed E-state index contributed by atoms with van der Waals surface area (Å²) < 4.78 is 14.1. The van der Waals surface area contributed by atoms with Gasteiger partial charge in [0, 0.05) is 37.4 Å². The minimum atomic E-state index is -0.0936. The Morgan fingerprint density at radius 1 is 1.29 bits per heavy atom. The molecule has 0 aromatic heterocycles. The van der Waals surface area contributed by atoms with E-state index in [-0.39, 0.29) is 5.82 Å². The first-order chi connectivity index (χ1) is 10.1. The average molecular weight is 293 g/mol. The van der Waals surface area contributed by atoms with Crippen molar-refractivity contribution in [3.8, 4) is 0 Å². The van der Waals surface area contributed by atoms with E-state index in [2.05, 4.69) is 35.3 Å². The van der Waals surface area contributed by atoms with Gasteiger partial charge in [-0.3, -0.25) is 0 Å². The van der Waals surface area contributed by atoms with E-state index in [4.69, 9.17) is 0 Å². The topological polar surface area (TPSA) is 18.5 Å². The molecule has 0 aliphatic carbocycles. The lowest BCUT2D eigenvalue weighted by Gasteiger charge is -2.35. The monoisotopic (exact) mass is 293 g/mol. The molecule has 1 saturated heterocycles. The van der Waals surface area contributed by atoms with Crippen LogP contribution < -0.4 is 10.2 Å². The highest BCUT2D eigenvalue weighted by molar-refractivity contribution is 5.54. The second-order valence-electron chi connectivity index (χ2n) is 6.21. The third-order valence-corrected chi connectivity index (χ3v) is 4.22.